The van der Waals surface area contributed by atoms with Gasteiger partial charge in [0.2, 0.25) is 0 Å². The Morgan fingerprint density at radius 3 is 0.784 bits per heavy atom. The van der Waals surface area contributed by atoms with E-state index in [1.807, 2.05) is 76.2 Å². The predicted octanol–water partition coefficient (Wildman–Crippen LogP) is 6.44. The first-order valence-corrected chi connectivity index (χ1v) is 12.1. The Hall–Kier alpha value is -3.08. The summed E-state index contributed by atoms with van der Waals surface area (Å²) in [6.45, 7) is 13.1. The minimum Gasteiger partial charge on any atom is -0.467 e. The van der Waals surface area contributed by atoms with Crippen LogP contribution in [0.2, 0.25) is 0 Å². The lowest BCUT2D eigenvalue weighted by Crippen LogP contribution is -1.88. The summed E-state index contributed by atoms with van der Waals surface area (Å²) in [5.41, 5.74) is 0. The van der Waals surface area contributed by atoms with Crippen molar-refractivity contribution < 1.29 is 42.1 Å². The van der Waals surface area contributed by atoms with Crippen molar-refractivity contribution in [3.8, 4) is 0 Å². The maximum Gasteiger partial charge on any atom is 0.129 e. The maximum absolute atomic E-state index is 5.08. The minimum atomic E-state index is 0. The van der Waals surface area contributed by atoms with Crippen LogP contribution in [0.4, 0.5) is 0 Å². The molecule has 0 fully saturated rings. The molecule has 0 aliphatic heterocycles. The highest BCUT2D eigenvalue weighted by Gasteiger charge is 1.93. The van der Waals surface area contributed by atoms with Gasteiger partial charge in [0, 0.05) is 26.4 Å². The Morgan fingerprint density at radius 2 is 0.649 bits per heavy atom. The normalized spacial score (nSPS) is 9.62. The van der Waals surface area contributed by atoms with Crippen molar-refractivity contribution in [1.82, 2.24) is 0 Å². The van der Waals surface area contributed by atoms with E-state index in [-0.39, 0.29) is 5.48 Å². The second-order valence-electron chi connectivity index (χ2n) is 6.87. The Morgan fingerprint density at radius 1 is 0.432 bits per heavy atom. The van der Waals surface area contributed by atoms with E-state index in [0.717, 1.165) is 49.5 Å². The third-order valence-corrected chi connectivity index (χ3v) is 4.11. The number of rotatable bonds is 12. The van der Waals surface area contributed by atoms with Gasteiger partial charge >= 0.3 is 0 Å². The lowest BCUT2D eigenvalue weighted by atomic mass is 10.5. The molecule has 0 bridgehead atoms. The van der Waals surface area contributed by atoms with Crippen LogP contribution in [0.25, 0.3) is 0 Å². The third-order valence-electron chi connectivity index (χ3n) is 4.11. The fourth-order valence-corrected chi connectivity index (χ4v) is 2.39. The van der Waals surface area contributed by atoms with Crippen LogP contribution in [0.15, 0.2) is 91.3 Å². The smallest absolute Gasteiger partial charge is 0.129 e. The van der Waals surface area contributed by atoms with Crippen LogP contribution in [-0.4, -0.2) is 31.9 Å². The van der Waals surface area contributed by atoms with Crippen LogP contribution in [0.1, 0.15) is 50.7 Å². The van der Waals surface area contributed by atoms with Gasteiger partial charge in [0.15, 0.2) is 0 Å². The van der Waals surface area contributed by atoms with Gasteiger partial charge in [-0.1, -0.05) is 0 Å². The summed E-state index contributed by atoms with van der Waals surface area (Å²) in [5.74, 6) is 3.54. The zero-order valence-electron chi connectivity index (χ0n) is 22.4. The number of furan rings is 4. The topological polar surface area (TPSA) is 121 Å². The standard InChI is InChI=1S/4C7H10O2.H2O/c4*1-2-8-6-7-4-3-5-9-7;/h4*3-5H,2,6H2,1H3;1H2. The molecule has 37 heavy (non-hydrogen) atoms. The van der Waals surface area contributed by atoms with Gasteiger partial charge < -0.3 is 42.1 Å². The molecule has 4 aromatic rings. The fraction of sp³-hybridized carbons (Fsp3) is 0.429. The van der Waals surface area contributed by atoms with Crippen molar-refractivity contribution in [3.63, 3.8) is 0 Å². The second kappa shape index (κ2) is 24.6. The van der Waals surface area contributed by atoms with Crippen LogP contribution in [0.5, 0.6) is 0 Å². The van der Waals surface area contributed by atoms with Gasteiger partial charge in [-0.05, 0) is 76.2 Å². The molecule has 2 N–H and O–H groups in total. The Kier molecular flexibility index (Phi) is 22.6. The van der Waals surface area contributed by atoms with Crippen molar-refractivity contribution >= 4 is 0 Å². The van der Waals surface area contributed by atoms with E-state index in [4.69, 9.17) is 36.6 Å². The van der Waals surface area contributed by atoms with E-state index in [2.05, 4.69) is 0 Å². The summed E-state index contributed by atoms with van der Waals surface area (Å²) < 4.78 is 40.4. The van der Waals surface area contributed by atoms with E-state index in [0.29, 0.717) is 26.4 Å². The van der Waals surface area contributed by atoms with Crippen molar-refractivity contribution in [1.29, 1.82) is 0 Å². The minimum absolute atomic E-state index is 0. The molecule has 9 nitrogen and oxygen atoms in total. The average molecular weight is 523 g/mol. The molecule has 4 heterocycles. The van der Waals surface area contributed by atoms with Crippen molar-refractivity contribution in [2.24, 2.45) is 0 Å². The van der Waals surface area contributed by atoms with Gasteiger partial charge in [0.05, 0.1) is 25.1 Å². The molecule has 0 aliphatic carbocycles. The molecule has 0 radical (unpaired) electrons. The first-order chi connectivity index (χ1) is 17.7. The van der Waals surface area contributed by atoms with Gasteiger partial charge in [0.25, 0.3) is 0 Å². The summed E-state index contributed by atoms with van der Waals surface area (Å²) >= 11 is 0. The fourth-order valence-electron chi connectivity index (χ4n) is 2.39. The highest BCUT2D eigenvalue weighted by atomic mass is 16.5. The maximum atomic E-state index is 5.08. The molecule has 0 saturated heterocycles. The summed E-state index contributed by atoms with van der Waals surface area (Å²) in [4.78, 5) is 0. The van der Waals surface area contributed by atoms with Gasteiger partial charge in [-0.2, -0.15) is 0 Å². The van der Waals surface area contributed by atoms with E-state index in [1.54, 1.807) is 25.1 Å². The highest BCUT2D eigenvalue weighted by Crippen LogP contribution is 2.02. The monoisotopic (exact) mass is 522 g/mol. The Labute approximate surface area is 219 Å². The van der Waals surface area contributed by atoms with E-state index in [9.17, 15) is 0 Å². The zero-order chi connectivity index (χ0) is 26.1. The molecule has 0 unspecified atom stereocenters. The van der Waals surface area contributed by atoms with Gasteiger partial charge in [-0.3, -0.25) is 0 Å². The van der Waals surface area contributed by atoms with Crippen LogP contribution >= 0.6 is 0 Å². The molecule has 0 spiro atoms. The van der Waals surface area contributed by atoms with Crippen molar-refractivity contribution in [2.75, 3.05) is 26.4 Å². The number of hydrogen-bond acceptors (Lipinski definition) is 8. The lowest BCUT2D eigenvalue weighted by Gasteiger charge is -1.93. The number of ether oxygens (including phenoxy) is 4. The molecule has 0 aromatic carbocycles. The predicted molar refractivity (Wildman–Crippen MR) is 140 cm³/mol. The van der Waals surface area contributed by atoms with Gasteiger partial charge in [-0.25, -0.2) is 0 Å². The van der Waals surface area contributed by atoms with Gasteiger partial charge in [0.1, 0.15) is 49.5 Å². The molecular formula is C28H42O9. The molecular weight excluding hydrogens is 480 g/mol. The van der Waals surface area contributed by atoms with Crippen LogP contribution in [0, 0.1) is 0 Å². The molecule has 0 aliphatic rings. The Balaban J connectivity index is 0.000000463. The first kappa shape index (κ1) is 33.9. The van der Waals surface area contributed by atoms with Crippen molar-refractivity contribution in [2.45, 2.75) is 54.1 Å². The molecule has 4 aromatic heterocycles. The molecule has 4 rings (SSSR count). The van der Waals surface area contributed by atoms with Crippen LogP contribution < -0.4 is 0 Å². The molecule has 9 heteroatoms. The Bertz CT molecular complexity index is 731. The number of hydrogen-bond donors (Lipinski definition) is 0. The van der Waals surface area contributed by atoms with Crippen LogP contribution in [0.3, 0.4) is 0 Å². The summed E-state index contributed by atoms with van der Waals surface area (Å²) in [5, 5.41) is 0. The van der Waals surface area contributed by atoms with E-state index < -0.39 is 0 Å². The van der Waals surface area contributed by atoms with E-state index >= 15 is 0 Å². The lowest BCUT2D eigenvalue weighted by molar-refractivity contribution is 0.118. The SMILES string of the molecule is CCOCc1ccco1.CCOCc1ccco1.CCOCc1ccco1.CCOCc1ccco1.O. The quantitative estimate of drug-likeness (QED) is 0.208. The molecule has 0 saturated carbocycles. The molecule has 208 valence electrons. The highest BCUT2D eigenvalue weighted by molar-refractivity contribution is 4.97. The third kappa shape index (κ3) is 18.8. The van der Waals surface area contributed by atoms with E-state index in [1.165, 1.54) is 0 Å². The molecule has 0 amide bonds. The van der Waals surface area contributed by atoms with Crippen molar-refractivity contribution in [3.05, 3.63) is 96.6 Å². The second-order valence-corrected chi connectivity index (χ2v) is 6.87. The molecule has 0 atom stereocenters. The summed E-state index contributed by atoms with van der Waals surface area (Å²) in [7, 11) is 0. The zero-order valence-corrected chi connectivity index (χ0v) is 22.4. The summed E-state index contributed by atoms with van der Waals surface area (Å²) in [6.07, 6.45) is 6.59. The van der Waals surface area contributed by atoms with Crippen LogP contribution in [-0.2, 0) is 45.4 Å². The average Bonchev–Trinajstić information content (AvgIpc) is 3.74. The summed E-state index contributed by atoms with van der Waals surface area (Å²) in [6, 6.07) is 15.0. The largest absolute Gasteiger partial charge is 0.467 e. The van der Waals surface area contributed by atoms with Gasteiger partial charge in [-0.15, -0.1) is 0 Å². The first-order valence-electron chi connectivity index (χ1n) is 12.1.